The van der Waals surface area contributed by atoms with Gasteiger partial charge in [0.05, 0.1) is 6.26 Å². The molecule has 1 N–H and O–H groups in total. The van der Waals surface area contributed by atoms with Crippen LogP contribution in [0.2, 0.25) is 0 Å². The number of carbonyl (C=O) groups is 1. The molecule has 0 spiro atoms. The highest BCUT2D eigenvalue weighted by atomic mass is 32.2. The Balaban J connectivity index is 1.55. The Labute approximate surface area is 153 Å². The van der Waals surface area contributed by atoms with Crippen molar-refractivity contribution < 1.29 is 13.2 Å². The fourth-order valence-electron chi connectivity index (χ4n) is 3.38. The molecule has 5 nitrogen and oxygen atoms in total. The van der Waals surface area contributed by atoms with Crippen LogP contribution in [0, 0.1) is 5.92 Å². The number of hydrogen-bond donors (Lipinski definition) is 1. The van der Waals surface area contributed by atoms with Crippen molar-refractivity contribution >= 4 is 37.4 Å². The van der Waals surface area contributed by atoms with Crippen LogP contribution in [0.15, 0.2) is 29.6 Å². The zero-order chi connectivity index (χ0) is 18.0. The molecule has 1 atom stereocenters. The van der Waals surface area contributed by atoms with Crippen molar-refractivity contribution in [2.75, 3.05) is 19.3 Å². The molecule has 1 amide bonds. The van der Waals surface area contributed by atoms with Gasteiger partial charge in [-0.3, -0.25) is 4.79 Å². The van der Waals surface area contributed by atoms with Crippen LogP contribution in [0.1, 0.15) is 25.3 Å². The Kier molecular flexibility index (Phi) is 5.46. The molecule has 1 aromatic heterocycles. The molecule has 1 fully saturated rings. The lowest BCUT2D eigenvalue weighted by atomic mass is 9.96. The van der Waals surface area contributed by atoms with Crippen molar-refractivity contribution in [3.05, 3.63) is 35.2 Å². The van der Waals surface area contributed by atoms with Gasteiger partial charge < -0.3 is 5.32 Å². The maximum atomic E-state index is 12.5. The minimum atomic E-state index is -3.15. The van der Waals surface area contributed by atoms with E-state index >= 15 is 0 Å². The molecular weight excluding hydrogens is 356 g/mol. The van der Waals surface area contributed by atoms with Crippen molar-refractivity contribution in [2.24, 2.45) is 5.92 Å². The monoisotopic (exact) mass is 380 g/mol. The van der Waals surface area contributed by atoms with E-state index in [0.29, 0.717) is 25.9 Å². The minimum absolute atomic E-state index is 0.0418. The number of rotatable bonds is 5. The lowest BCUT2D eigenvalue weighted by Gasteiger charge is -2.30. The zero-order valence-electron chi connectivity index (χ0n) is 14.6. The van der Waals surface area contributed by atoms with Gasteiger partial charge in [0.15, 0.2) is 0 Å². The number of benzene rings is 1. The number of fused-ring (bicyclic) bond motifs is 1. The van der Waals surface area contributed by atoms with Gasteiger partial charge in [0.25, 0.3) is 0 Å². The topological polar surface area (TPSA) is 66.5 Å². The second kappa shape index (κ2) is 7.43. The summed E-state index contributed by atoms with van der Waals surface area (Å²) in [5.41, 5.74) is 1.26. The van der Waals surface area contributed by atoms with Gasteiger partial charge in [-0.2, -0.15) is 0 Å². The summed E-state index contributed by atoms with van der Waals surface area (Å²) in [5, 5.41) is 6.53. The molecule has 25 heavy (non-hydrogen) atoms. The molecule has 2 heterocycles. The quantitative estimate of drug-likeness (QED) is 0.867. The predicted molar refractivity (Wildman–Crippen MR) is 102 cm³/mol. The second-order valence-electron chi connectivity index (χ2n) is 6.81. The first kappa shape index (κ1) is 18.4. The second-order valence-corrected chi connectivity index (χ2v) is 9.70. The third-order valence-corrected chi connectivity index (χ3v) is 7.09. The van der Waals surface area contributed by atoms with E-state index in [4.69, 9.17) is 0 Å². The molecular formula is C18H24N2O3S2. The highest BCUT2D eigenvalue weighted by Crippen LogP contribution is 2.26. The summed E-state index contributed by atoms with van der Waals surface area (Å²) in [5.74, 6) is -0.0557. The molecule has 0 radical (unpaired) electrons. The summed E-state index contributed by atoms with van der Waals surface area (Å²) >= 11 is 1.73. The number of amides is 1. The van der Waals surface area contributed by atoms with E-state index in [9.17, 15) is 13.2 Å². The maximum Gasteiger partial charge on any atom is 0.223 e. The molecule has 0 bridgehead atoms. The van der Waals surface area contributed by atoms with Crippen LogP contribution >= 0.6 is 11.3 Å². The number of nitrogens with zero attached hydrogens (tertiary/aromatic N) is 1. The van der Waals surface area contributed by atoms with Crippen molar-refractivity contribution in [1.29, 1.82) is 0 Å². The van der Waals surface area contributed by atoms with Crippen LogP contribution in [0.4, 0.5) is 0 Å². The average Bonchev–Trinajstić information content (AvgIpc) is 2.97. The lowest BCUT2D eigenvalue weighted by molar-refractivity contribution is -0.126. The van der Waals surface area contributed by atoms with Crippen LogP contribution in [0.3, 0.4) is 0 Å². The van der Waals surface area contributed by atoms with Crippen LogP contribution in [0.5, 0.6) is 0 Å². The lowest BCUT2D eigenvalue weighted by Crippen LogP contribution is -2.44. The fraction of sp³-hybridized carbons (Fsp3) is 0.500. The maximum absolute atomic E-state index is 12.5. The molecule has 0 unspecified atom stereocenters. The van der Waals surface area contributed by atoms with Gasteiger partial charge in [-0.15, -0.1) is 11.3 Å². The van der Waals surface area contributed by atoms with Gasteiger partial charge in [0.2, 0.25) is 15.9 Å². The third kappa shape index (κ3) is 4.40. The van der Waals surface area contributed by atoms with Crippen molar-refractivity contribution in [3.63, 3.8) is 0 Å². The van der Waals surface area contributed by atoms with Gasteiger partial charge >= 0.3 is 0 Å². The minimum Gasteiger partial charge on any atom is -0.353 e. The van der Waals surface area contributed by atoms with E-state index < -0.39 is 10.0 Å². The van der Waals surface area contributed by atoms with E-state index in [1.807, 2.05) is 19.1 Å². The Bertz CT molecular complexity index is 852. The largest absolute Gasteiger partial charge is 0.353 e. The first-order valence-electron chi connectivity index (χ1n) is 8.55. The molecule has 0 saturated carbocycles. The number of nitrogens with one attached hydrogen (secondary N) is 1. The summed E-state index contributed by atoms with van der Waals surface area (Å²) in [6.07, 6.45) is 3.21. The first-order chi connectivity index (χ1) is 11.8. The Morgan fingerprint density at radius 3 is 2.68 bits per heavy atom. The van der Waals surface area contributed by atoms with Gasteiger partial charge in [-0.05, 0) is 48.6 Å². The standard InChI is InChI=1S/C18H24N2O3S2/c1-13(11-15-12-24-17-6-4-3-5-16(15)17)19-18(21)14-7-9-20(10-8-14)25(2,22)23/h3-6,12-14H,7-11H2,1-2H3,(H,19,21)/t13-/m0/s1. The molecule has 1 aromatic carbocycles. The van der Waals surface area contributed by atoms with Crippen molar-refractivity contribution in [3.8, 4) is 0 Å². The van der Waals surface area contributed by atoms with Gasteiger partial charge in [0.1, 0.15) is 0 Å². The number of thiophene rings is 1. The average molecular weight is 381 g/mol. The van der Waals surface area contributed by atoms with Crippen LogP contribution in [-0.2, 0) is 21.2 Å². The normalized spacial score (nSPS) is 18.3. The van der Waals surface area contributed by atoms with E-state index in [2.05, 4.69) is 22.8 Å². The third-order valence-electron chi connectivity index (χ3n) is 4.77. The van der Waals surface area contributed by atoms with E-state index in [1.54, 1.807) is 11.3 Å². The summed E-state index contributed by atoms with van der Waals surface area (Å²) < 4.78 is 25.8. The molecule has 1 aliphatic heterocycles. The highest BCUT2D eigenvalue weighted by Gasteiger charge is 2.29. The number of sulfonamides is 1. The fourth-order valence-corrected chi connectivity index (χ4v) is 5.23. The smallest absolute Gasteiger partial charge is 0.223 e. The molecule has 1 saturated heterocycles. The van der Waals surface area contributed by atoms with Crippen molar-refractivity contribution in [1.82, 2.24) is 9.62 Å². The number of piperidine rings is 1. The Morgan fingerprint density at radius 1 is 1.32 bits per heavy atom. The van der Waals surface area contributed by atoms with Crippen LogP contribution in [-0.4, -0.2) is 44.0 Å². The van der Waals surface area contributed by atoms with E-state index in [1.165, 1.54) is 26.2 Å². The van der Waals surface area contributed by atoms with Gasteiger partial charge in [-0.1, -0.05) is 18.2 Å². The van der Waals surface area contributed by atoms with E-state index in [-0.39, 0.29) is 17.9 Å². The summed E-state index contributed by atoms with van der Waals surface area (Å²) in [6, 6.07) is 8.37. The summed E-state index contributed by atoms with van der Waals surface area (Å²) in [6.45, 7) is 2.89. The van der Waals surface area contributed by atoms with Gasteiger partial charge in [0, 0.05) is 29.7 Å². The molecule has 2 aromatic rings. The first-order valence-corrected chi connectivity index (χ1v) is 11.3. The Morgan fingerprint density at radius 2 is 2.00 bits per heavy atom. The van der Waals surface area contributed by atoms with Crippen LogP contribution in [0.25, 0.3) is 10.1 Å². The molecule has 7 heteroatoms. The SMILES string of the molecule is C[C@@H](Cc1csc2ccccc12)NC(=O)C1CCN(S(C)(=O)=O)CC1. The molecule has 1 aliphatic rings. The molecule has 0 aliphatic carbocycles. The number of carbonyl (C=O) groups excluding carboxylic acids is 1. The highest BCUT2D eigenvalue weighted by molar-refractivity contribution is 7.88. The van der Waals surface area contributed by atoms with Crippen LogP contribution < -0.4 is 5.32 Å². The van der Waals surface area contributed by atoms with Crippen molar-refractivity contribution in [2.45, 2.75) is 32.2 Å². The zero-order valence-corrected chi connectivity index (χ0v) is 16.2. The Hall–Kier alpha value is -1.44. The molecule has 3 rings (SSSR count). The number of hydrogen-bond acceptors (Lipinski definition) is 4. The van der Waals surface area contributed by atoms with Gasteiger partial charge in [-0.25, -0.2) is 12.7 Å². The predicted octanol–water partition coefficient (Wildman–Crippen LogP) is 2.62. The molecule has 136 valence electrons. The summed E-state index contributed by atoms with van der Waals surface area (Å²) in [7, 11) is -3.15. The van der Waals surface area contributed by atoms with E-state index in [0.717, 1.165) is 6.42 Å². The summed E-state index contributed by atoms with van der Waals surface area (Å²) in [4.78, 5) is 12.5.